The predicted molar refractivity (Wildman–Crippen MR) is 64.1 cm³/mol. The number of anilines is 1. The fourth-order valence-corrected chi connectivity index (χ4v) is 2.26. The maximum Gasteiger partial charge on any atom is 0.137 e. The van der Waals surface area contributed by atoms with E-state index in [2.05, 4.69) is 11.0 Å². The zero-order chi connectivity index (χ0) is 10.7. The van der Waals surface area contributed by atoms with Crippen LogP contribution in [0.1, 0.15) is 19.3 Å². The molecule has 0 atom stereocenters. The first-order valence-corrected chi connectivity index (χ1v) is 5.77. The van der Waals surface area contributed by atoms with Crippen molar-refractivity contribution < 1.29 is 4.74 Å². The van der Waals surface area contributed by atoms with Gasteiger partial charge in [-0.1, -0.05) is 11.6 Å². The van der Waals surface area contributed by atoms with E-state index in [0.29, 0.717) is 5.02 Å². The molecule has 0 saturated carbocycles. The van der Waals surface area contributed by atoms with Crippen molar-refractivity contribution in [1.82, 2.24) is 0 Å². The van der Waals surface area contributed by atoms with Crippen molar-refractivity contribution in [3.8, 4) is 5.75 Å². The van der Waals surface area contributed by atoms with E-state index in [4.69, 9.17) is 16.3 Å². The average Bonchev–Trinajstić information content (AvgIpc) is 2.30. The normalized spacial score (nSPS) is 16.5. The van der Waals surface area contributed by atoms with Gasteiger partial charge in [-0.25, -0.2) is 0 Å². The van der Waals surface area contributed by atoms with Gasteiger partial charge >= 0.3 is 0 Å². The molecule has 2 nitrogen and oxygen atoms in total. The maximum atomic E-state index is 6.10. The summed E-state index contributed by atoms with van der Waals surface area (Å²) < 4.78 is 5.14. The number of ether oxygens (including phenoxy) is 1. The summed E-state index contributed by atoms with van der Waals surface area (Å²) in [4.78, 5) is 2.38. The number of hydrogen-bond acceptors (Lipinski definition) is 2. The fourth-order valence-electron chi connectivity index (χ4n) is 2.00. The minimum Gasteiger partial charge on any atom is -0.495 e. The Labute approximate surface area is 95.8 Å². The van der Waals surface area contributed by atoms with Gasteiger partial charge in [0.05, 0.1) is 12.1 Å². The summed E-state index contributed by atoms with van der Waals surface area (Å²) in [6.45, 7) is 2.28. The van der Waals surface area contributed by atoms with Gasteiger partial charge in [0.15, 0.2) is 0 Å². The van der Waals surface area contributed by atoms with Crippen LogP contribution in [0.25, 0.3) is 0 Å². The summed E-state index contributed by atoms with van der Waals surface area (Å²) in [5, 5.41) is 0.695. The Balaban J connectivity index is 2.17. The molecule has 15 heavy (non-hydrogen) atoms. The highest BCUT2D eigenvalue weighted by Crippen LogP contribution is 2.30. The van der Waals surface area contributed by atoms with Gasteiger partial charge in [0.2, 0.25) is 0 Å². The molecule has 0 bridgehead atoms. The second-order valence-electron chi connectivity index (χ2n) is 3.87. The highest BCUT2D eigenvalue weighted by molar-refractivity contribution is 6.32. The molecule has 1 saturated heterocycles. The van der Waals surface area contributed by atoms with E-state index >= 15 is 0 Å². The van der Waals surface area contributed by atoms with Crippen LogP contribution in [0, 0.1) is 0 Å². The van der Waals surface area contributed by atoms with Crippen molar-refractivity contribution in [1.29, 1.82) is 0 Å². The third-order valence-electron chi connectivity index (χ3n) is 2.86. The average molecular weight is 226 g/mol. The molecular formula is C12H16ClNO. The van der Waals surface area contributed by atoms with Gasteiger partial charge in [-0.15, -0.1) is 0 Å². The molecule has 1 aromatic carbocycles. The van der Waals surface area contributed by atoms with Gasteiger partial charge in [-0.2, -0.15) is 0 Å². The Hall–Kier alpha value is -0.890. The van der Waals surface area contributed by atoms with Crippen molar-refractivity contribution in [2.45, 2.75) is 19.3 Å². The molecule has 0 aromatic heterocycles. The molecule has 0 unspecified atom stereocenters. The maximum absolute atomic E-state index is 6.10. The lowest BCUT2D eigenvalue weighted by atomic mass is 10.1. The number of benzene rings is 1. The third-order valence-corrected chi connectivity index (χ3v) is 3.15. The van der Waals surface area contributed by atoms with Gasteiger partial charge < -0.3 is 9.64 Å². The largest absolute Gasteiger partial charge is 0.495 e. The van der Waals surface area contributed by atoms with E-state index in [-0.39, 0.29) is 0 Å². The second-order valence-corrected chi connectivity index (χ2v) is 4.27. The zero-order valence-electron chi connectivity index (χ0n) is 9.00. The Morgan fingerprint density at radius 1 is 1.20 bits per heavy atom. The zero-order valence-corrected chi connectivity index (χ0v) is 9.76. The minimum atomic E-state index is 0.695. The SMILES string of the molecule is COc1ccc(N2CCCCC2)cc1Cl. The van der Waals surface area contributed by atoms with E-state index < -0.39 is 0 Å². The Bertz CT molecular complexity index is 334. The van der Waals surface area contributed by atoms with E-state index in [1.54, 1.807) is 7.11 Å². The molecule has 82 valence electrons. The highest BCUT2D eigenvalue weighted by atomic mass is 35.5. The van der Waals surface area contributed by atoms with Crippen molar-refractivity contribution in [3.05, 3.63) is 23.2 Å². The van der Waals surface area contributed by atoms with Crippen molar-refractivity contribution in [2.24, 2.45) is 0 Å². The van der Waals surface area contributed by atoms with Crippen LogP contribution in [-0.2, 0) is 0 Å². The van der Waals surface area contributed by atoms with Crippen LogP contribution in [0.2, 0.25) is 5.02 Å². The number of methoxy groups -OCH3 is 1. The van der Waals surface area contributed by atoms with Gasteiger partial charge in [0.1, 0.15) is 5.75 Å². The molecule has 2 rings (SSSR count). The van der Waals surface area contributed by atoms with Crippen LogP contribution < -0.4 is 9.64 Å². The van der Waals surface area contributed by atoms with Crippen molar-refractivity contribution in [3.63, 3.8) is 0 Å². The summed E-state index contributed by atoms with van der Waals surface area (Å²) in [6, 6.07) is 6.01. The molecule has 0 amide bonds. The van der Waals surface area contributed by atoms with Crippen LogP contribution in [0.15, 0.2) is 18.2 Å². The van der Waals surface area contributed by atoms with Crippen LogP contribution >= 0.6 is 11.6 Å². The molecule has 0 N–H and O–H groups in total. The lowest BCUT2D eigenvalue weighted by molar-refractivity contribution is 0.415. The first-order valence-electron chi connectivity index (χ1n) is 5.40. The highest BCUT2D eigenvalue weighted by Gasteiger charge is 2.12. The molecule has 1 heterocycles. The Kier molecular flexibility index (Phi) is 3.37. The molecular weight excluding hydrogens is 210 g/mol. The van der Waals surface area contributed by atoms with E-state index in [1.807, 2.05) is 12.1 Å². The summed E-state index contributed by atoms with van der Waals surface area (Å²) in [5.41, 5.74) is 1.21. The first-order chi connectivity index (χ1) is 7.31. The molecule has 0 spiro atoms. The molecule has 3 heteroatoms. The molecule has 0 radical (unpaired) electrons. The fraction of sp³-hybridized carbons (Fsp3) is 0.500. The molecule has 0 aliphatic carbocycles. The molecule has 1 aliphatic heterocycles. The number of hydrogen-bond donors (Lipinski definition) is 0. The summed E-state index contributed by atoms with van der Waals surface area (Å²) in [7, 11) is 1.64. The lowest BCUT2D eigenvalue weighted by Gasteiger charge is -2.29. The van der Waals surface area contributed by atoms with Gasteiger partial charge in [0, 0.05) is 18.8 Å². The minimum absolute atomic E-state index is 0.695. The van der Waals surface area contributed by atoms with Crippen LogP contribution in [0.3, 0.4) is 0 Å². The van der Waals surface area contributed by atoms with Gasteiger partial charge in [-0.05, 0) is 37.5 Å². The Morgan fingerprint density at radius 3 is 2.53 bits per heavy atom. The third kappa shape index (κ3) is 2.37. The quantitative estimate of drug-likeness (QED) is 0.766. The standard InChI is InChI=1S/C12H16ClNO/c1-15-12-6-5-10(9-11(12)13)14-7-3-2-4-8-14/h5-6,9H,2-4,7-8H2,1H3. The van der Waals surface area contributed by atoms with E-state index in [1.165, 1.54) is 24.9 Å². The second kappa shape index (κ2) is 4.75. The van der Waals surface area contributed by atoms with Crippen LogP contribution in [-0.4, -0.2) is 20.2 Å². The first kappa shape index (κ1) is 10.6. The molecule has 1 fully saturated rings. The van der Waals surface area contributed by atoms with Gasteiger partial charge in [0.25, 0.3) is 0 Å². The topological polar surface area (TPSA) is 12.5 Å². The number of nitrogens with zero attached hydrogens (tertiary/aromatic N) is 1. The smallest absolute Gasteiger partial charge is 0.137 e. The number of halogens is 1. The lowest BCUT2D eigenvalue weighted by Crippen LogP contribution is -2.29. The van der Waals surface area contributed by atoms with Crippen LogP contribution in [0.5, 0.6) is 5.75 Å². The van der Waals surface area contributed by atoms with Crippen LogP contribution in [0.4, 0.5) is 5.69 Å². The summed E-state index contributed by atoms with van der Waals surface area (Å²) in [6.07, 6.45) is 3.91. The molecule has 1 aliphatic rings. The predicted octanol–water partition coefficient (Wildman–Crippen LogP) is 3.34. The van der Waals surface area contributed by atoms with Crippen molar-refractivity contribution in [2.75, 3.05) is 25.1 Å². The van der Waals surface area contributed by atoms with E-state index in [0.717, 1.165) is 18.8 Å². The van der Waals surface area contributed by atoms with Gasteiger partial charge in [-0.3, -0.25) is 0 Å². The van der Waals surface area contributed by atoms with Crippen molar-refractivity contribution >= 4 is 17.3 Å². The summed E-state index contributed by atoms with van der Waals surface area (Å²) >= 11 is 6.10. The Morgan fingerprint density at radius 2 is 1.93 bits per heavy atom. The van der Waals surface area contributed by atoms with E-state index in [9.17, 15) is 0 Å². The summed E-state index contributed by atoms with van der Waals surface area (Å²) in [5.74, 6) is 0.748. The monoisotopic (exact) mass is 225 g/mol. The number of rotatable bonds is 2. The number of piperidine rings is 1. The molecule has 1 aromatic rings.